The van der Waals surface area contributed by atoms with Gasteiger partial charge in [0.05, 0.1) is 5.75 Å². The summed E-state index contributed by atoms with van der Waals surface area (Å²) in [5, 5.41) is 11.5. The third-order valence-electron chi connectivity index (χ3n) is 4.49. The van der Waals surface area contributed by atoms with E-state index in [2.05, 4.69) is 15.5 Å². The van der Waals surface area contributed by atoms with Gasteiger partial charge < -0.3 is 25.5 Å². The van der Waals surface area contributed by atoms with Crippen molar-refractivity contribution >= 4 is 29.0 Å². The molecule has 1 amide bonds. The average molecular weight is 427 g/mol. The molecule has 0 fully saturated rings. The summed E-state index contributed by atoms with van der Waals surface area (Å²) in [5.74, 6) is 7.88. The number of nitrogens with one attached hydrogen (secondary N) is 1. The zero-order chi connectivity index (χ0) is 21.1. The van der Waals surface area contributed by atoms with Crippen LogP contribution in [0.3, 0.4) is 0 Å². The van der Waals surface area contributed by atoms with E-state index < -0.39 is 6.10 Å². The van der Waals surface area contributed by atoms with Gasteiger partial charge in [-0.25, -0.2) is 4.68 Å². The number of ether oxygens (including phenoxy) is 2. The number of nitrogens with zero attached hydrogens (tertiary/aromatic N) is 4. The van der Waals surface area contributed by atoms with Crippen LogP contribution >= 0.6 is 11.8 Å². The van der Waals surface area contributed by atoms with Crippen LogP contribution < -0.4 is 25.5 Å². The van der Waals surface area contributed by atoms with Gasteiger partial charge in [-0.3, -0.25) is 4.79 Å². The van der Waals surface area contributed by atoms with Crippen molar-refractivity contribution in [3.05, 3.63) is 54.4 Å². The number of fused-ring (bicyclic) bond motifs is 1. The number of nitrogens with two attached hydrogens (primary N) is 1. The van der Waals surface area contributed by atoms with Crippen molar-refractivity contribution in [3.8, 4) is 11.5 Å². The van der Waals surface area contributed by atoms with Crippen molar-refractivity contribution in [1.82, 2.24) is 14.9 Å². The first-order valence-electron chi connectivity index (χ1n) is 9.30. The lowest BCUT2D eigenvalue weighted by atomic mass is 10.2. The highest BCUT2D eigenvalue weighted by atomic mass is 32.2. The molecule has 0 saturated carbocycles. The van der Waals surface area contributed by atoms with Crippen molar-refractivity contribution in [1.29, 1.82) is 0 Å². The fraction of sp³-hybridized carbons (Fsp3) is 0.250. The van der Waals surface area contributed by atoms with E-state index in [0.29, 0.717) is 22.5 Å². The first kappa shape index (κ1) is 19.9. The van der Waals surface area contributed by atoms with Crippen molar-refractivity contribution in [3.63, 3.8) is 0 Å². The summed E-state index contributed by atoms with van der Waals surface area (Å²) in [4.78, 5) is 14.3. The Morgan fingerprint density at radius 1 is 1.20 bits per heavy atom. The summed E-state index contributed by atoms with van der Waals surface area (Å²) >= 11 is 1.20. The fourth-order valence-electron chi connectivity index (χ4n) is 2.92. The van der Waals surface area contributed by atoms with Crippen LogP contribution in [0, 0.1) is 0 Å². The van der Waals surface area contributed by atoms with Crippen LogP contribution in [-0.4, -0.2) is 47.2 Å². The Hall–Kier alpha value is -3.40. The Labute approximate surface area is 178 Å². The largest absolute Gasteiger partial charge is 0.485 e. The van der Waals surface area contributed by atoms with E-state index in [-0.39, 0.29) is 18.3 Å². The van der Waals surface area contributed by atoms with Gasteiger partial charge in [0.2, 0.25) is 11.1 Å². The van der Waals surface area contributed by atoms with Crippen LogP contribution in [-0.2, 0) is 4.79 Å². The van der Waals surface area contributed by atoms with Crippen LogP contribution in [0.2, 0.25) is 0 Å². The summed E-state index contributed by atoms with van der Waals surface area (Å²) in [5.41, 5.74) is 1.79. The van der Waals surface area contributed by atoms with Crippen LogP contribution in [0.25, 0.3) is 0 Å². The van der Waals surface area contributed by atoms with Crippen LogP contribution in [0.1, 0.15) is 11.9 Å². The van der Waals surface area contributed by atoms with Crippen LogP contribution in [0.5, 0.6) is 11.5 Å². The van der Waals surface area contributed by atoms with Gasteiger partial charge in [-0.05, 0) is 36.4 Å². The number of thioether (sulfide) groups is 1. The first-order valence-corrected chi connectivity index (χ1v) is 10.3. The normalized spacial score (nSPS) is 14.9. The molecule has 1 unspecified atom stereocenters. The standard InChI is InChI=1S/C20H22N6O3S/c1-25(2)14-9-7-13(8-10-14)22-18(27)12-30-20-24-23-19(26(20)21)17-11-28-15-5-3-4-6-16(15)29-17/h3-10,17H,11-12,21H2,1-2H3,(H,22,27). The number of amides is 1. The Balaban J connectivity index is 1.35. The van der Waals surface area contributed by atoms with Gasteiger partial charge in [0.15, 0.2) is 23.4 Å². The number of hydrogen-bond donors (Lipinski definition) is 2. The third kappa shape index (κ3) is 4.28. The smallest absolute Gasteiger partial charge is 0.234 e. The Kier molecular flexibility index (Phi) is 5.66. The average Bonchev–Trinajstić information content (AvgIpc) is 3.12. The molecule has 9 nitrogen and oxygen atoms in total. The molecule has 4 rings (SSSR count). The topological polar surface area (TPSA) is 108 Å². The predicted octanol–water partition coefficient (Wildman–Crippen LogP) is 2.30. The summed E-state index contributed by atoms with van der Waals surface area (Å²) in [6.45, 7) is 0.278. The van der Waals surface area contributed by atoms with E-state index in [4.69, 9.17) is 15.3 Å². The molecule has 0 bridgehead atoms. The van der Waals surface area contributed by atoms with Gasteiger partial charge in [-0.15, -0.1) is 10.2 Å². The van der Waals surface area contributed by atoms with Gasteiger partial charge in [0.1, 0.15) is 6.61 Å². The molecule has 0 radical (unpaired) electrons. The van der Waals surface area contributed by atoms with Gasteiger partial charge in [-0.2, -0.15) is 0 Å². The lowest BCUT2D eigenvalue weighted by Gasteiger charge is -2.25. The number of carbonyl (C=O) groups is 1. The molecule has 3 N–H and O–H groups in total. The second kappa shape index (κ2) is 8.54. The quantitative estimate of drug-likeness (QED) is 0.457. The second-order valence-corrected chi connectivity index (χ2v) is 7.80. The zero-order valence-electron chi connectivity index (χ0n) is 16.6. The number of aromatic nitrogens is 3. The summed E-state index contributed by atoms with van der Waals surface area (Å²) in [6.07, 6.45) is -0.476. The molecule has 1 aliphatic rings. The van der Waals surface area contributed by atoms with Crippen molar-refractivity contribution in [2.75, 3.05) is 42.5 Å². The van der Waals surface area contributed by atoms with Gasteiger partial charge in [-0.1, -0.05) is 23.9 Å². The van der Waals surface area contributed by atoms with E-state index in [1.165, 1.54) is 16.4 Å². The maximum Gasteiger partial charge on any atom is 0.234 e. The Morgan fingerprint density at radius 3 is 2.67 bits per heavy atom. The maximum absolute atomic E-state index is 12.3. The molecule has 2 heterocycles. The van der Waals surface area contributed by atoms with Crippen molar-refractivity contribution in [2.24, 2.45) is 0 Å². The first-order chi connectivity index (χ1) is 14.5. The Morgan fingerprint density at radius 2 is 1.93 bits per heavy atom. The number of benzene rings is 2. The highest BCUT2D eigenvalue weighted by Crippen LogP contribution is 2.35. The second-order valence-electron chi connectivity index (χ2n) is 6.85. The molecule has 0 aliphatic carbocycles. The zero-order valence-corrected chi connectivity index (χ0v) is 17.4. The van der Waals surface area contributed by atoms with Gasteiger partial charge in [0.25, 0.3) is 0 Å². The Bertz CT molecular complexity index is 1040. The minimum Gasteiger partial charge on any atom is -0.485 e. The number of hydrogen-bond acceptors (Lipinski definition) is 8. The van der Waals surface area contributed by atoms with Crippen LogP contribution in [0.15, 0.2) is 53.7 Å². The third-order valence-corrected chi connectivity index (χ3v) is 5.43. The number of carbonyl (C=O) groups excluding carboxylic acids is 1. The fourth-order valence-corrected chi connectivity index (χ4v) is 3.59. The van der Waals surface area contributed by atoms with E-state index in [1.807, 2.05) is 67.5 Å². The summed E-state index contributed by atoms with van der Waals surface area (Å²) < 4.78 is 13.0. The molecular formula is C20H22N6O3S. The lowest BCUT2D eigenvalue weighted by Crippen LogP contribution is -2.27. The molecule has 0 spiro atoms. The predicted molar refractivity (Wildman–Crippen MR) is 116 cm³/mol. The van der Waals surface area contributed by atoms with E-state index in [9.17, 15) is 4.79 Å². The number of anilines is 2. The van der Waals surface area contributed by atoms with E-state index >= 15 is 0 Å². The number of nitrogen functional groups attached to an aromatic ring is 1. The minimum atomic E-state index is -0.476. The lowest BCUT2D eigenvalue weighted by molar-refractivity contribution is -0.113. The molecule has 10 heteroatoms. The van der Waals surface area contributed by atoms with Crippen LogP contribution in [0.4, 0.5) is 11.4 Å². The molecule has 1 aliphatic heterocycles. The molecule has 1 atom stereocenters. The molecular weight excluding hydrogens is 404 g/mol. The highest BCUT2D eigenvalue weighted by Gasteiger charge is 2.28. The molecule has 156 valence electrons. The number of para-hydroxylation sites is 2. The van der Waals surface area contributed by atoms with E-state index in [1.54, 1.807) is 0 Å². The molecule has 3 aromatic rings. The summed E-state index contributed by atoms with van der Waals surface area (Å²) in [7, 11) is 3.93. The molecule has 30 heavy (non-hydrogen) atoms. The SMILES string of the molecule is CN(C)c1ccc(NC(=O)CSc2nnc(C3COc4ccccc4O3)n2N)cc1. The van der Waals surface area contributed by atoms with Crippen molar-refractivity contribution in [2.45, 2.75) is 11.3 Å². The summed E-state index contributed by atoms with van der Waals surface area (Å²) in [6, 6.07) is 15.0. The van der Waals surface area contributed by atoms with E-state index in [0.717, 1.165) is 11.4 Å². The van der Waals surface area contributed by atoms with Gasteiger partial charge >= 0.3 is 0 Å². The highest BCUT2D eigenvalue weighted by molar-refractivity contribution is 7.99. The number of rotatable bonds is 6. The molecule has 1 aromatic heterocycles. The molecule has 0 saturated heterocycles. The van der Waals surface area contributed by atoms with Crippen molar-refractivity contribution < 1.29 is 14.3 Å². The monoisotopic (exact) mass is 426 g/mol. The minimum absolute atomic E-state index is 0.148. The maximum atomic E-state index is 12.3. The van der Waals surface area contributed by atoms with Gasteiger partial charge in [0, 0.05) is 25.5 Å². The molecule has 2 aromatic carbocycles.